The Kier molecular flexibility index (Phi) is 4.88. The van der Waals surface area contributed by atoms with Gasteiger partial charge in [0.1, 0.15) is 17.8 Å². The maximum atomic E-state index is 13.3. The van der Waals surface area contributed by atoms with Gasteiger partial charge in [0.15, 0.2) is 11.6 Å². The Hall–Kier alpha value is -2.70. The number of rotatable bonds is 4. The number of anilines is 2. The fraction of sp³-hybridized carbons (Fsp3) is 0.353. The molecule has 1 aromatic heterocycles. The summed E-state index contributed by atoms with van der Waals surface area (Å²) in [5, 5.41) is 15.1. The van der Waals surface area contributed by atoms with Crippen LogP contribution < -0.4 is 10.6 Å². The lowest BCUT2D eigenvalue weighted by Gasteiger charge is -2.23. The van der Waals surface area contributed by atoms with Crippen molar-refractivity contribution in [3.63, 3.8) is 0 Å². The van der Waals surface area contributed by atoms with Crippen LogP contribution in [0.5, 0.6) is 5.75 Å². The van der Waals surface area contributed by atoms with Gasteiger partial charge in [0.2, 0.25) is 0 Å². The van der Waals surface area contributed by atoms with E-state index in [1.54, 1.807) is 6.07 Å². The first-order valence-electron chi connectivity index (χ1n) is 8.00. The molecule has 1 fully saturated rings. The van der Waals surface area contributed by atoms with Crippen molar-refractivity contribution in [2.24, 2.45) is 0 Å². The minimum Gasteiger partial charge on any atom is -0.505 e. The normalized spacial score (nSPS) is 15.0. The van der Waals surface area contributed by atoms with E-state index in [1.807, 2.05) is 0 Å². The molecular formula is C17H19FN4O2. The van der Waals surface area contributed by atoms with E-state index in [0.29, 0.717) is 11.9 Å². The van der Waals surface area contributed by atoms with Crippen molar-refractivity contribution in [3.05, 3.63) is 42.1 Å². The Balaban J connectivity index is 1.68. The van der Waals surface area contributed by atoms with Crippen LogP contribution in [-0.2, 0) is 0 Å². The van der Waals surface area contributed by atoms with Crippen molar-refractivity contribution in [1.82, 2.24) is 9.97 Å². The zero-order valence-electron chi connectivity index (χ0n) is 13.1. The van der Waals surface area contributed by atoms with Crippen LogP contribution in [0.15, 0.2) is 30.6 Å². The lowest BCUT2D eigenvalue weighted by atomic mass is 9.95. The number of phenolic OH excluding ortho intramolecular Hbond substituents is 1. The highest BCUT2D eigenvalue weighted by atomic mass is 19.1. The summed E-state index contributed by atoms with van der Waals surface area (Å²) in [6.07, 6.45) is 7.18. The minimum absolute atomic E-state index is 0.191. The molecule has 0 bridgehead atoms. The fourth-order valence-corrected chi connectivity index (χ4v) is 2.80. The van der Waals surface area contributed by atoms with Crippen LogP contribution in [0.1, 0.15) is 42.6 Å². The largest absolute Gasteiger partial charge is 0.505 e. The molecule has 24 heavy (non-hydrogen) atoms. The average Bonchev–Trinajstić information content (AvgIpc) is 2.59. The number of benzene rings is 1. The standard InChI is InChI=1S/C17H19FN4O2/c18-13-8-12(6-7-15(13)23)22-17(24)14-9-16(20-10-19-14)21-11-4-2-1-3-5-11/h6-11,23H,1-5H2,(H,22,24)(H,19,20,21). The Labute approximate surface area is 139 Å². The molecule has 126 valence electrons. The van der Waals surface area contributed by atoms with E-state index in [9.17, 15) is 14.3 Å². The van der Waals surface area contributed by atoms with Gasteiger partial charge >= 0.3 is 0 Å². The summed E-state index contributed by atoms with van der Waals surface area (Å²) in [5.41, 5.74) is 0.437. The van der Waals surface area contributed by atoms with Gasteiger partial charge in [-0.2, -0.15) is 0 Å². The number of aromatic hydroxyl groups is 1. The Morgan fingerprint density at radius 1 is 1.17 bits per heavy atom. The summed E-state index contributed by atoms with van der Waals surface area (Å²) in [7, 11) is 0. The molecule has 0 saturated heterocycles. The molecular weight excluding hydrogens is 311 g/mol. The molecule has 2 aromatic rings. The number of hydrogen-bond acceptors (Lipinski definition) is 5. The van der Waals surface area contributed by atoms with E-state index in [2.05, 4.69) is 20.6 Å². The van der Waals surface area contributed by atoms with Crippen molar-refractivity contribution in [1.29, 1.82) is 0 Å². The molecule has 1 aliphatic carbocycles. The van der Waals surface area contributed by atoms with Gasteiger partial charge in [-0.15, -0.1) is 0 Å². The van der Waals surface area contributed by atoms with Gasteiger partial charge in [-0.3, -0.25) is 4.79 Å². The minimum atomic E-state index is -0.796. The quantitative estimate of drug-likeness (QED) is 0.749. The van der Waals surface area contributed by atoms with Crippen LogP contribution in [-0.4, -0.2) is 27.0 Å². The molecule has 1 aliphatic rings. The lowest BCUT2D eigenvalue weighted by Crippen LogP contribution is -2.23. The highest BCUT2D eigenvalue weighted by molar-refractivity contribution is 6.03. The molecule has 3 rings (SSSR count). The third-order valence-corrected chi connectivity index (χ3v) is 4.06. The van der Waals surface area contributed by atoms with Gasteiger partial charge in [0.05, 0.1) is 0 Å². The summed E-state index contributed by atoms with van der Waals surface area (Å²) in [5.74, 6) is -1.11. The highest BCUT2D eigenvalue weighted by Gasteiger charge is 2.15. The van der Waals surface area contributed by atoms with E-state index in [-0.39, 0.29) is 11.4 Å². The van der Waals surface area contributed by atoms with Gasteiger partial charge in [0.25, 0.3) is 5.91 Å². The molecule has 0 radical (unpaired) electrons. The summed E-state index contributed by atoms with van der Waals surface area (Å²) < 4.78 is 13.3. The molecule has 1 aromatic carbocycles. The van der Waals surface area contributed by atoms with Crippen molar-refractivity contribution in [2.75, 3.05) is 10.6 Å². The number of phenols is 1. The van der Waals surface area contributed by atoms with Crippen LogP contribution in [0.3, 0.4) is 0 Å². The van der Waals surface area contributed by atoms with Crippen molar-refractivity contribution in [2.45, 2.75) is 38.1 Å². The predicted molar refractivity (Wildman–Crippen MR) is 88.5 cm³/mol. The van der Waals surface area contributed by atoms with Crippen LogP contribution in [0, 0.1) is 5.82 Å². The van der Waals surface area contributed by atoms with Gasteiger partial charge in [0, 0.05) is 23.9 Å². The van der Waals surface area contributed by atoms with E-state index >= 15 is 0 Å². The molecule has 6 nitrogen and oxygen atoms in total. The van der Waals surface area contributed by atoms with E-state index < -0.39 is 17.5 Å². The first-order valence-corrected chi connectivity index (χ1v) is 8.00. The van der Waals surface area contributed by atoms with Gasteiger partial charge in [-0.1, -0.05) is 19.3 Å². The molecule has 7 heteroatoms. The van der Waals surface area contributed by atoms with Crippen molar-refractivity contribution >= 4 is 17.4 Å². The van der Waals surface area contributed by atoms with Crippen LogP contribution in [0.2, 0.25) is 0 Å². The summed E-state index contributed by atoms with van der Waals surface area (Å²) >= 11 is 0. The number of carbonyl (C=O) groups is 1. The first-order chi connectivity index (χ1) is 11.6. The summed E-state index contributed by atoms with van der Waals surface area (Å²) in [4.78, 5) is 20.4. The first kappa shape index (κ1) is 16.2. The Morgan fingerprint density at radius 3 is 2.71 bits per heavy atom. The molecule has 0 atom stereocenters. The van der Waals surface area contributed by atoms with E-state index in [0.717, 1.165) is 18.9 Å². The lowest BCUT2D eigenvalue weighted by molar-refractivity contribution is 0.102. The van der Waals surface area contributed by atoms with Gasteiger partial charge in [-0.25, -0.2) is 14.4 Å². The number of halogens is 1. The molecule has 0 spiro atoms. The highest BCUT2D eigenvalue weighted by Crippen LogP contribution is 2.22. The molecule has 1 amide bonds. The third-order valence-electron chi connectivity index (χ3n) is 4.06. The molecule has 1 heterocycles. The van der Waals surface area contributed by atoms with Gasteiger partial charge in [-0.05, 0) is 25.0 Å². The van der Waals surface area contributed by atoms with Crippen molar-refractivity contribution in [3.8, 4) is 5.75 Å². The third kappa shape index (κ3) is 3.98. The zero-order valence-corrected chi connectivity index (χ0v) is 13.1. The summed E-state index contributed by atoms with van der Waals surface area (Å²) in [6, 6.07) is 5.60. The van der Waals surface area contributed by atoms with Gasteiger partial charge < -0.3 is 15.7 Å². The Bertz CT molecular complexity index is 732. The van der Waals surface area contributed by atoms with Crippen LogP contribution in [0.4, 0.5) is 15.9 Å². The number of nitrogens with zero attached hydrogens (tertiary/aromatic N) is 2. The molecule has 1 saturated carbocycles. The maximum absolute atomic E-state index is 13.3. The smallest absolute Gasteiger partial charge is 0.274 e. The topological polar surface area (TPSA) is 87.1 Å². The monoisotopic (exact) mass is 330 g/mol. The average molecular weight is 330 g/mol. The second-order valence-corrected chi connectivity index (χ2v) is 5.89. The number of hydrogen-bond donors (Lipinski definition) is 3. The van der Waals surface area contributed by atoms with E-state index in [4.69, 9.17) is 0 Å². The summed E-state index contributed by atoms with van der Waals surface area (Å²) in [6.45, 7) is 0. The number of amides is 1. The molecule has 0 aliphatic heterocycles. The molecule has 3 N–H and O–H groups in total. The number of carbonyl (C=O) groups excluding carboxylic acids is 1. The second kappa shape index (κ2) is 7.25. The zero-order chi connectivity index (χ0) is 16.9. The predicted octanol–water partition coefficient (Wildman–Crippen LogP) is 3.32. The second-order valence-electron chi connectivity index (χ2n) is 5.89. The van der Waals surface area contributed by atoms with E-state index in [1.165, 1.54) is 37.7 Å². The van der Waals surface area contributed by atoms with Crippen LogP contribution in [0.25, 0.3) is 0 Å². The number of nitrogens with one attached hydrogen (secondary N) is 2. The van der Waals surface area contributed by atoms with Crippen molar-refractivity contribution < 1.29 is 14.3 Å². The SMILES string of the molecule is O=C(Nc1ccc(O)c(F)c1)c1cc(NC2CCCCC2)ncn1. The maximum Gasteiger partial charge on any atom is 0.274 e. The fourth-order valence-electron chi connectivity index (χ4n) is 2.80. The molecule has 0 unspecified atom stereocenters. The number of aromatic nitrogens is 2. The van der Waals surface area contributed by atoms with Crippen LogP contribution >= 0.6 is 0 Å². The Morgan fingerprint density at radius 2 is 1.96 bits per heavy atom.